The number of ether oxygens (including phenoxy) is 2. The molecule has 0 spiro atoms. The summed E-state index contributed by atoms with van der Waals surface area (Å²) in [6, 6.07) is 0.266. The molecule has 0 fully saturated rings. The van der Waals surface area contributed by atoms with E-state index in [9.17, 15) is 0 Å². The Morgan fingerprint density at radius 2 is 1.86 bits per heavy atom. The highest BCUT2D eigenvalue weighted by Crippen LogP contribution is 2.14. The molecule has 0 rings (SSSR count). The highest BCUT2D eigenvalue weighted by Gasteiger charge is 2.19. The van der Waals surface area contributed by atoms with Crippen molar-refractivity contribution in [2.75, 3.05) is 27.4 Å². The molecule has 0 aliphatic rings. The first kappa shape index (κ1) is 13.8. The van der Waals surface area contributed by atoms with Gasteiger partial charge in [0.25, 0.3) is 0 Å². The van der Waals surface area contributed by atoms with E-state index in [1.165, 1.54) is 0 Å². The summed E-state index contributed by atoms with van der Waals surface area (Å²) in [5.41, 5.74) is 2.83. The molecule has 1 N–H and O–H groups in total. The van der Waals surface area contributed by atoms with E-state index in [2.05, 4.69) is 26.3 Å². The molecule has 0 aromatic rings. The van der Waals surface area contributed by atoms with Crippen molar-refractivity contribution in [1.29, 1.82) is 0 Å². The van der Waals surface area contributed by atoms with Gasteiger partial charge in [-0.25, -0.2) is 0 Å². The van der Waals surface area contributed by atoms with Gasteiger partial charge in [0.1, 0.15) is 0 Å². The molecule has 1 unspecified atom stereocenters. The van der Waals surface area contributed by atoms with Gasteiger partial charge in [0.2, 0.25) is 0 Å². The first-order chi connectivity index (χ1) is 6.52. The summed E-state index contributed by atoms with van der Waals surface area (Å²) in [5, 5.41) is 0. The van der Waals surface area contributed by atoms with Crippen LogP contribution in [0.15, 0.2) is 0 Å². The molecule has 0 radical (unpaired) electrons. The van der Waals surface area contributed by atoms with Gasteiger partial charge in [-0.05, 0) is 27.2 Å². The van der Waals surface area contributed by atoms with Crippen LogP contribution in [0.2, 0.25) is 0 Å². The van der Waals surface area contributed by atoms with Crippen LogP contribution in [-0.4, -0.2) is 39.1 Å². The summed E-state index contributed by atoms with van der Waals surface area (Å²) in [6.45, 7) is 7.34. The van der Waals surface area contributed by atoms with Gasteiger partial charge in [0.15, 0.2) is 0 Å². The molecule has 0 bridgehead atoms. The number of nitrogens with one attached hydrogen (secondary N) is 1. The Kier molecular flexibility index (Phi) is 7.09. The summed E-state index contributed by atoms with van der Waals surface area (Å²) in [7, 11) is 3.37. The van der Waals surface area contributed by atoms with E-state index in [0.29, 0.717) is 13.2 Å². The number of rotatable bonds is 8. The zero-order valence-corrected chi connectivity index (χ0v) is 9.92. The SMILES string of the molecule is COCCONC(C)CC(C)(C)OC. The molecule has 4 heteroatoms. The topological polar surface area (TPSA) is 39.7 Å². The number of methoxy groups -OCH3 is 2. The summed E-state index contributed by atoms with van der Waals surface area (Å²) >= 11 is 0. The molecule has 0 amide bonds. The van der Waals surface area contributed by atoms with Crippen LogP contribution in [-0.2, 0) is 14.3 Å². The average Bonchev–Trinajstić information content (AvgIpc) is 2.12. The molecule has 0 saturated carbocycles. The standard InChI is InChI=1S/C10H23NO3/c1-9(8-10(2,3)13-5)11-14-7-6-12-4/h9,11H,6-8H2,1-5H3. The lowest BCUT2D eigenvalue weighted by Crippen LogP contribution is -2.36. The van der Waals surface area contributed by atoms with Gasteiger partial charge in [-0.2, -0.15) is 5.48 Å². The first-order valence-corrected chi connectivity index (χ1v) is 4.93. The van der Waals surface area contributed by atoms with E-state index in [1.54, 1.807) is 14.2 Å². The first-order valence-electron chi connectivity index (χ1n) is 4.93. The minimum atomic E-state index is -0.114. The molecular weight excluding hydrogens is 182 g/mol. The summed E-state index contributed by atoms with van der Waals surface area (Å²) in [6.07, 6.45) is 0.899. The van der Waals surface area contributed by atoms with Crippen molar-refractivity contribution in [3.63, 3.8) is 0 Å². The Morgan fingerprint density at radius 3 is 2.36 bits per heavy atom. The van der Waals surface area contributed by atoms with Gasteiger partial charge in [-0.3, -0.25) is 4.84 Å². The Balaban J connectivity index is 3.49. The van der Waals surface area contributed by atoms with Crippen LogP contribution < -0.4 is 5.48 Å². The van der Waals surface area contributed by atoms with Crippen LogP contribution in [0.3, 0.4) is 0 Å². The van der Waals surface area contributed by atoms with Crippen LogP contribution >= 0.6 is 0 Å². The summed E-state index contributed by atoms with van der Waals surface area (Å²) in [4.78, 5) is 5.20. The Hall–Kier alpha value is -0.160. The number of hydroxylamine groups is 1. The summed E-state index contributed by atoms with van der Waals surface area (Å²) < 4.78 is 10.2. The van der Waals surface area contributed by atoms with Crippen LogP contribution in [0.4, 0.5) is 0 Å². The van der Waals surface area contributed by atoms with E-state index >= 15 is 0 Å². The van der Waals surface area contributed by atoms with Crippen molar-refractivity contribution in [3.05, 3.63) is 0 Å². The molecule has 1 atom stereocenters. The molecule has 0 saturated heterocycles. The second-order valence-electron chi connectivity index (χ2n) is 4.03. The van der Waals surface area contributed by atoms with E-state index < -0.39 is 0 Å². The fourth-order valence-corrected chi connectivity index (χ4v) is 1.19. The van der Waals surface area contributed by atoms with Crippen LogP contribution in [0.5, 0.6) is 0 Å². The monoisotopic (exact) mass is 205 g/mol. The maximum atomic E-state index is 5.32. The van der Waals surface area contributed by atoms with Gasteiger partial charge in [-0.1, -0.05) is 0 Å². The predicted octanol–water partition coefficient (Wildman–Crippen LogP) is 1.36. The highest BCUT2D eigenvalue weighted by atomic mass is 16.7. The minimum absolute atomic E-state index is 0.114. The zero-order valence-electron chi connectivity index (χ0n) is 9.92. The maximum Gasteiger partial charge on any atom is 0.0915 e. The molecular formula is C10H23NO3. The Bertz CT molecular complexity index is 139. The van der Waals surface area contributed by atoms with Gasteiger partial charge < -0.3 is 9.47 Å². The highest BCUT2D eigenvalue weighted by molar-refractivity contribution is 4.73. The van der Waals surface area contributed by atoms with Crippen molar-refractivity contribution in [3.8, 4) is 0 Å². The smallest absolute Gasteiger partial charge is 0.0915 e. The maximum absolute atomic E-state index is 5.32. The minimum Gasteiger partial charge on any atom is -0.382 e. The average molecular weight is 205 g/mol. The van der Waals surface area contributed by atoms with Gasteiger partial charge >= 0.3 is 0 Å². The molecule has 0 aromatic carbocycles. The van der Waals surface area contributed by atoms with Gasteiger partial charge in [-0.15, -0.1) is 0 Å². The second kappa shape index (κ2) is 7.17. The van der Waals surface area contributed by atoms with Gasteiger partial charge in [0.05, 0.1) is 18.8 Å². The molecule has 4 nitrogen and oxygen atoms in total. The van der Waals surface area contributed by atoms with Crippen molar-refractivity contribution >= 4 is 0 Å². The predicted molar refractivity (Wildman–Crippen MR) is 56.1 cm³/mol. The van der Waals surface area contributed by atoms with E-state index in [4.69, 9.17) is 14.3 Å². The number of hydrogen-bond donors (Lipinski definition) is 1. The molecule has 14 heavy (non-hydrogen) atoms. The second-order valence-corrected chi connectivity index (χ2v) is 4.03. The van der Waals surface area contributed by atoms with Crippen LogP contribution in [0.1, 0.15) is 27.2 Å². The van der Waals surface area contributed by atoms with E-state index in [0.717, 1.165) is 6.42 Å². The normalized spacial score (nSPS) is 14.4. The van der Waals surface area contributed by atoms with Crippen LogP contribution in [0, 0.1) is 0 Å². The molecule has 0 aromatic heterocycles. The summed E-state index contributed by atoms with van der Waals surface area (Å²) in [5.74, 6) is 0. The van der Waals surface area contributed by atoms with Crippen LogP contribution in [0.25, 0.3) is 0 Å². The van der Waals surface area contributed by atoms with Gasteiger partial charge in [0, 0.05) is 20.3 Å². The lowest BCUT2D eigenvalue weighted by molar-refractivity contribution is -0.0400. The van der Waals surface area contributed by atoms with E-state index in [-0.39, 0.29) is 11.6 Å². The largest absolute Gasteiger partial charge is 0.382 e. The molecule has 0 heterocycles. The van der Waals surface area contributed by atoms with Crippen molar-refractivity contribution in [1.82, 2.24) is 5.48 Å². The molecule has 0 aliphatic heterocycles. The number of hydrogen-bond acceptors (Lipinski definition) is 4. The van der Waals surface area contributed by atoms with Crippen molar-refractivity contribution in [2.45, 2.75) is 38.8 Å². The third-order valence-corrected chi connectivity index (χ3v) is 2.02. The Labute approximate surface area is 86.9 Å². The third kappa shape index (κ3) is 7.26. The fraction of sp³-hybridized carbons (Fsp3) is 1.00. The molecule has 86 valence electrons. The Morgan fingerprint density at radius 1 is 1.21 bits per heavy atom. The third-order valence-electron chi connectivity index (χ3n) is 2.02. The van der Waals surface area contributed by atoms with Crippen molar-refractivity contribution < 1.29 is 14.3 Å². The lowest BCUT2D eigenvalue weighted by Gasteiger charge is -2.26. The lowest BCUT2D eigenvalue weighted by atomic mass is 10.0. The van der Waals surface area contributed by atoms with E-state index in [1.807, 2.05) is 0 Å². The van der Waals surface area contributed by atoms with Crippen molar-refractivity contribution in [2.24, 2.45) is 0 Å². The molecule has 0 aliphatic carbocycles. The zero-order chi connectivity index (χ0) is 11.0. The quantitative estimate of drug-likeness (QED) is 0.480. The fourth-order valence-electron chi connectivity index (χ4n) is 1.19.